The molecule has 0 fully saturated rings. The number of hydrogen-bond donors (Lipinski definition) is 2. The highest BCUT2D eigenvalue weighted by Crippen LogP contribution is 2.13. The number of nitrogens with zero attached hydrogens (tertiary/aromatic N) is 1. The zero-order valence-electron chi connectivity index (χ0n) is 11.1. The highest BCUT2D eigenvalue weighted by Gasteiger charge is 2.07. The van der Waals surface area contributed by atoms with Crippen molar-refractivity contribution in [1.82, 2.24) is 10.2 Å². The molecule has 0 heterocycles. The van der Waals surface area contributed by atoms with E-state index in [0.29, 0.717) is 6.54 Å². The minimum atomic E-state index is -0.172. The van der Waals surface area contributed by atoms with Crippen LogP contribution in [0, 0.1) is 0 Å². The molecule has 0 spiro atoms. The Bertz CT molecular complexity index is 434. The first-order valence-corrected chi connectivity index (χ1v) is 6.82. The second kappa shape index (κ2) is 7.91. The summed E-state index contributed by atoms with van der Waals surface area (Å²) < 4.78 is 0.955. The van der Waals surface area contributed by atoms with Crippen molar-refractivity contribution in [2.24, 2.45) is 0 Å². The van der Waals surface area contributed by atoms with Crippen LogP contribution in [0.25, 0.3) is 0 Å². The van der Waals surface area contributed by atoms with Gasteiger partial charge >= 0.3 is 0 Å². The van der Waals surface area contributed by atoms with Crippen LogP contribution in [0.3, 0.4) is 0 Å². The number of likely N-dealkylation sites (N-methyl/N-ethyl adjacent to an activating group) is 1. The van der Waals surface area contributed by atoms with E-state index in [9.17, 15) is 9.59 Å². The highest BCUT2D eigenvalue weighted by molar-refractivity contribution is 9.10. The summed E-state index contributed by atoms with van der Waals surface area (Å²) in [7, 11) is 1.73. The highest BCUT2D eigenvalue weighted by atomic mass is 79.9. The number of amides is 2. The lowest BCUT2D eigenvalue weighted by Crippen LogP contribution is -2.38. The molecule has 0 aliphatic heterocycles. The number of hydrogen-bond acceptors (Lipinski definition) is 3. The van der Waals surface area contributed by atoms with Gasteiger partial charge in [-0.05, 0) is 31.2 Å². The number of carbonyl (C=O) groups is 2. The molecule has 0 saturated heterocycles. The molecule has 1 aromatic carbocycles. The van der Waals surface area contributed by atoms with Crippen molar-refractivity contribution in [1.29, 1.82) is 0 Å². The molecule has 1 aromatic rings. The Kier molecular flexibility index (Phi) is 6.52. The lowest BCUT2D eigenvalue weighted by molar-refractivity contribution is -0.128. The first-order chi connectivity index (χ1) is 9.02. The van der Waals surface area contributed by atoms with Crippen molar-refractivity contribution in [3.8, 4) is 0 Å². The lowest BCUT2D eigenvalue weighted by Gasteiger charge is -2.14. The van der Waals surface area contributed by atoms with E-state index in [1.54, 1.807) is 24.1 Å². The molecule has 0 saturated carbocycles. The van der Waals surface area contributed by atoms with E-state index in [-0.39, 0.29) is 24.9 Å². The molecule has 0 bridgehead atoms. The number of halogens is 1. The average Bonchev–Trinajstić information content (AvgIpc) is 2.40. The van der Waals surface area contributed by atoms with Gasteiger partial charge in [-0.2, -0.15) is 0 Å². The number of rotatable bonds is 6. The van der Waals surface area contributed by atoms with Crippen LogP contribution in [0.15, 0.2) is 28.7 Å². The van der Waals surface area contributed by atoms with E-state index in [2.05, 4.69) is 26.6 Å². The molecular weight excluding hydrogens is 310 g/mol. The maximum atomic E-state index is 11.6. The molecule has 2 amide bonds. The van der Waals surface area contributed by atoms with Crippen molar-refractivity contribution < 1.29 is 9.59 Å². The zero-order valence-corrected chi connectivity index (χ0v) is 12.7. The molecule has 2 N–H and O–H groups in total. The summed E-state index contributed by atoms with van der Waals surface area (Å²) in [4.78, 5) is 24.7. The largest absolute Gasteiger partial charge is 0.345 e. The Morgan fingerprint density at radius 1 is 1.21 bits per heavy atom. The van der Waals surface area contributed by atoms with Gasteiger partial charge in [-0.1, -0.05) is 15.9 Å². The molecule has 5 nitrogen and oxygen atoms in total. The fraction of sp³-hybridized carbons (Fsp3) is 0.385. The van der Waals surface area contributed by atoms with Gasteiger partial charge in [0.05, 0.1) is 13.1 Å². The van der Waals surface area contributed by atoms with E-state index in [1.165, 1.54) is 0 Å². The van der Waals surface area contributed by atoms with Gasteiger partial charge in [0.25, 0.3) is 0 Å². The molecule has 0 aromatic heterocycles. The number of benzene rings is 1. The van der Waals surface area contributed by atoms with Gasteiger partial charge in [0.2, 0.25) is 11.8 Å². The quantitative estimate of drug-likeness (QED) is 0.831. The molecule has 1 rings (SSSR count). The molecule has 104 valence electrons. The molecule has 19 heavy (non-hydrogen) atoms. The van der Waals surface area contributed by atoms with E-state index in [0.717, 1.165) is 10.2 Å². The van der Waals surface area contributed by atoms with Crippen LogP contribution in [0.2, 0.25) is 0 Å². The van der Waals surface area contributed by atoms with Crippen LogP contribution in [0.1, 0.15) is 6.92 Å². The van der Waals surface area contributed by atoms with Crippen molar-refractivity contribution in [3.63, 3.8) is 0 Å². The van der Waals surface area contributed by atoms with Crippen LogP contribution in [-0.2, 0) is 9.59 Å². The third-order valence-electron chi connectivity index (χ3n) is 2.59. The summed E-state index contributed by atoms with van der Waals surface area (Å²) in [6.07, 6.45) is 0. The Balaban J connectivity index is 2.28. The van der Waals surface area contributed by atoms with Gasteiger partial charge in [0.15, 0.2) is 0 Å². The Labute approximate surface area is 121 Å². The monoisotopic (exact) mass is 327 g/mol. The van der Waals surface area contributed by atoms with Gasteiger partial charge in [0.1, 0.15) is 0 Å². The van der Waals surface area contributed by atoms with E-state index < -0.39 is 0 Å². The normalized spacial score (nSPS) is 10.1. The smallest absolute Gasteiger partial charge is 0.238 e. The lowest BCUT2D eigenvalue weighted by atomic mass is 10.3. The van der Waals surface area contributed by atoms with Crippen LogP contribution in [0.4, 0.5) is 5.69 Å². The summed E-state index contributed by atoms with van der Waals surface area (Å²) in [5, 5.41) is 5.56. The standard InChI is InChI=1S/C13H18BrN3O2/c1-3-17(2)13(19)9-15-8-12(18)16-11-6-4-10(14)5-7-11/h4-7,15H,3,8-9H2,1-2H3,(H,16,18). The molecule has 0 aliphatic rings. The molecule has 6 heteroatoms. The minimum Gasteiger partial charge on any atom is -0.345 e. The Morgan fingerprint density at radius 3 is 2.42 bits per heavy atom. The van der Waals surface area contributed by atoms with Gasteiger partial charge in [0, 0.05) is 23.8 Å². The minimum absolute atomic E-state index is 0.0288. The van der Waals surface area contributed by atoms with Crippen LogP contribution in [0.5, 0.6) is 0 Å². The van der Waals surface area contributed by atoms with Crippen molar-refractivity contribution >= 4 is 33.4 Å². The van der Waals surface area contributed by atoms with Gasteiger partial charge in [-0.3, -0.25) is 14.9 Å². The molecular formula is C13H18BrN3O2. The molecule has 0 unspecified atom stereocenters. The predicted octanol–water partition coefficient (Wildman–Crippen LogP) is 1.46. The average molecular weight is 328 g/mol. The molecule has 0 radical (unpaired) electrons. The van der Waals surface area contributed by atoms with Crippen LogP contribution in [-0.4, -0.2) is 43.4 Å². The second-order valence-corrected chi connectivity index (χ2v) is 4.98. The summed E-state index contributed by atoms with van der Waals surface area (Å²) in [6, 6.07) is 7.31. The maximum absolute atomic E-state index is 11.6. The predicted molar refractivity (Wildman–Crippen MR) is 79.0 cm³/mol. The fourth-order valence-corrected chi connectivity index (χ4v) is 1.60. The van der Waals surface area contributed by atoms with Gasteiger partial charge < -0.3 is 10.2 Å². The third kappa shape index (κ3) is 5.85. The SMILES string of the molecule is CCN(C)C(=O)CNCC(=O)Nc1ccc(Br)cc1. The summed E-state index contributed by atoms with van der Waals surface area (Å²) >= 11 is 3.32. The molecule has 0 atom stereocenters. The first-order valence-electron chi connectivity index (χ1n) is 6.03. The summed E-state index contributed by atoms with van der Waals surface area (Å²) in [5.41, 5.74) is 0.729. The second-order valence-electron chi connectivity index (χ2n) is 4.07. The zero-order chi connectivity index (χ0) is 14.3. The van der Waals surface area contributed by atoms with Crippen LogP contribution < -0.4 is 10.6 Å². The fourth-order valence-electron chi connectivity index (χ4n) is 1.33. The van der Waals surface area contributed by atoms with E-state index >= 15 is 0 Å². The van der Waals surface area contributed by atoms with Crippen molar-refractivity contribution in [3.05, 3.63) is 28.7 Å². The number of carbonyl (C=O) groups excluding carboxylic acids is 2. The van der Waals surface area contributed by atoms with Gasteiger partial charge in [-0.15, -0.1) is 0 Å². The van der Waals surface area contributed by atoms with E-state index in [4.69, 9.17) is 0 Å². The maximum Gasteiger partial charge on any atom is 0.238 e. The van der Waals surface area contributed by atoms with Crippen molar-refractivity contribution in [2.45, 2.75) is 6.92 Å². The molecule has 0 aliphatic carbocycles. The Morgan fingerprint density at radius 2 is 1.84 bits per heavy atom. The summed E-state index contributed by atoms with van der Waals surface area (Å²) in [6.45, 7) is 2.83. The van der Waals surface area contributed by atoms with Crippen molar-refractivity contribution in [2.75, 3.05) is 32.0 Å². The Hall–Kier alpha value is -1.40. The first kappa shape index (κ1) is 15.7. The summed E-state index contributed by atoms with van der Waals surface area (Å²) in [5.74, 6) is -0.201. The third-order valence-corrected chi connectivity index (χ3v) is 3.12. The topological polar surface area (TPSA) is 61.4 Å². The van der Waals surface area contributed by atoms with Crippen LogP contribution >= 0.6 is 15.9 Å². The van der Waals surface area contributed by atoms with Gasteiger partial charge in [-0.25, -0.2) is 0 Å². The van der Waals surface area contributed by atoms with E-state index in [1.807, 2.05) is 19.1 Å². The number of anilines is 1. The number of nitrogens with one attached hydrogen (secondary N) is 2.